The molecular formula is C36H32Cl2F4N2O6S. The molecule has 270 valence electrons. The van der Waals surface area contributed by atoms with Gasteiger partial charge in [0.2, 0.25) is 15.9 Å². The summed E-state index contributed by atoms with van der Waals surface area (Å²) in [5.74, 6) is -12.0. The second kappa shape index (κ2) is 14.5. The largest absolute Gasteiger partial charge is 0.506 e. The summed E-state index contributed by atoms with van der Waals surface area (Å²) in [6.07, 6.45) is 1.93. The van der Waals surface area contributed by atoms with Crippen molar-refractivity contribution in [3.05, 3.63) is 122 Å². The second-order valence-corrected chi connectivity index (χ2v) is 15.9. The molecule has 5 rings (SSSR count). The molecule has 4 aromatic rings. The van der Waals surface area contributed by atoms with Gasteiger partial charge >= 0.3 is 5.97 Å². The van der Waals surface area contributed by atoms with Crippen LogP contribution in [0.3, 0.4) is 0 Å². The first kappa shape index (κ1) is 38.1. The molecule has 1 fully saturated rings. The Morgan fingerprint density at radius 1 is 0.882 bits per heavy atom. The molecule has 51 heavy (non-hydrogen) atoms. The van der Waals surface area contributed by atoms with Crippen LogP contribution < -0.4 is 4.90 Å². The predicted octanol–water partition coefficient (Wildman–Crippen LogP) is 8.55. The highest BCUT2D eigenvalue weighted by Crippen LogP contribution is 2.42. The molecule has 15 heteroatoms. The number of amides is 1. The molecule has 2 N–H and O–H groups in total. The summed E-state index contributed by atoms with van der Waals surface area (Å²) < 4.78 is 86.6. The summed E-state index contributed by atoms with van der Waals surface area (Å²) in [6.45, 7) is 3.88. The molecule has 0 atom stereocenters. The third-order valence-corrected chi connectivity index (χ3v) is 11.1. The third kappa shape index (κ3) is 8.01. The van der Waals surface area contributed by atoms with Crippen LogP contribution >= 0.6 is 23.2 Å². The van der Waals surface area contributed by atoms with E-state index in [9.17, 15) is 41.4 Å². The Bertz CT molecular complexity index is 2130. The van der Waals surface area contributed by atoms with Crippen LogP contribution in [0.25, 0.3) is 0 Å². The minimum atomic E-state index is -5.45. The number of carbonyl (C=O) groups is 2. The molecule has 0 heterocycles. The van der Waals surface area contributed by atoms with Gasteiger partial charge in [0.1, 0.15) is 15.7 Å². The number of halogens is 6. The summed E-state index contributed by atoms with van der Waals surface area (Å²) in [7, 11) is -5.45. The molecule has 4 aromatic carbocycles. The van der Waals surface area contributed by atoms with Gasteiger partial charge in [-0.05, 0) is 70.7 Å². The highest BCUT2D eigenvalue weighted by Gasteiger charge is 2.38. The van der Waals surface area contributed by atoms with E-state index in [1.165, 1.54) is 30.3 Å². The van der Waals surface area contributed by atoms with Crippen molar-refractivity contribution in [1.82, 2.24) is 4.31 Å². The Morgan fingerprint density at radius 3 is 2.12 bits per heavy atom. The molecule has 0 unspecified atom stereocenters. The van der Waals surface area contributed by atoms with E-state index in [2.05, 4.69) is 6.07 Å². The first-order chi connectivity index (χ1) is 23.8. The minimum absolute atomic E-state index is 0.0264. The molecule has 1 aliphatic carbocycles. The zero-order valence-corrected chi connectivity index (χ0v) is 29.8. The number of benzene rings is 4. The number of aromatic hydroxyl groups is 1. The van der Waals surface area contributed by atoms with Gasteiger partial charge in [-0.15, -0.1) is 0 Å². The monoisotopic (exact) mass is 766 g/mol. The maximum absolute atomic E-state index is 15.1. The van der Waals surface area contributed by atoms with E-state index in [1.54, 1.807) is 0 Å². The first-order valence-electron chi connectivity index (χ1n) is 15.6. The Hall–Kier alpha value is -4.17. The molecule has 0 saturated heterocycles. The van der Waals surface area contributed by atoms with E-state index >= 15 is 4.39 Å². The molecule has 1 amide bonds. The lowest BCUT2D eigenvalue weighted by Gasteiger charge is -2.29. The SMILES string of the molecule is CC(C)(C)c1cc(CN(C(=O)CN(Cc2ccccc2Cl)S(=O)(=O)c2c(F)c(F)c(F)c(F)c2Cl)c2ccc(C(=O)O)cc2O)cc(C2CC2)c1. The molecule has 0 spiro atoms. The van der Waals surface area contributed by atoms with Crippen molar-refractivity contribution in [2.24, 2.45) is 0 Å². The summed E-state index contributed by atoms with van der Waals surface area (Å²) in [5.41, 5.74) is 1.83. The quantitative estimate of drug-likeness (QED) is 0.0899. The molecule has 0 bridgehead atoms. The van der Waals surface area contributed by atoms with Crippen molar-refractivity contribution in [2.45, 2.75) is 62.9 Å². The maximum atomic E-state index is 15.1. The number of hydrogen-bond donors (Lipinski definition) is 2. The molecule has 0 radical (unpaired) electrons. The number of anilines is 1. The Labute approximate surface area is 301 Å². The molecule has 8 nitrogen and oxygen atoms in total. The summed E-state index contributed by atoms with van der Waals surface area (Å²) in [6, 6.07) is 14.8. The van der Waals surface area contributed by atoms with Gasteiger partial charge < -0.3 is 15.1 Å². The van der Waals surface area contributed by atoms with Crippen molar-refractivity contribution >= 4 is 50.8 Å². The fourth-order valence-electron chi connectivity index (χ4n) is 5.49. The number of sulfonamides is 1. The predicted molar refractivity (Wildman–Crippen MR) is 184 cm³/mol. The second-order valence-electron chi connectivity index (χ2n) is 13.2. The summed E-state index contributed by atoms with van der Waals surface area (Å²) >= 11 is 12.1. The van der Waals surface area contributed by atoms with Crippen LogP contribution in [0.4, 0.5) is 23.2 Å². The number of carboxylic acid groups (broad SMARTS) is 1. The highest BCUT2D eigenvalue weighted by atomic mass is 35.5. The van der Waals surface area contributed by atoms with E-state index in [1.807, 2.05) is 32.9 Å². The topological polar surface area (TPSA) is 115 Å². The van der Waals surface area contributed by atoms with Gasteiger partial charge in [0.25, 0.3) is 0 Å². The number of nitrogens with zero attached hydrogens (tertiary/aromatic N) is 2. The Balaban J connectivity index is 1.65. The fourth-order valence-corrected chi connectivity index (χ4v) is 7.62. The van der Waals surface area contributed by atoms with E-state index < -0.39 is 73.9 Å². The van der Waals surface area contributed by atoms with Gasteiger partial charge in [-0.1, -0.05) is 80.4 Å². The number of rotatable bonds is 11. The lowest BCUT2D eigenvalue weighted by molar-refractivity contribution is -0.119. The zero-order chi connectivity index (χ0) is 37.6. The van der Waals surface area contributed by atoms with Crippen molar-refractivity contribution in [3.63, 3.8) is 0 Å². The summed E-state index contributed by atoms with van der Waals surface area (Å²) in [5, 5.41) is 18.9. The van der Waals surface area contributed by atoms with Crippen LogP contribution in [0.15, 0.2) is 65.6 Å². The number of phenols is 1. The number of phenolic OH excluding ortho intramolecular Hbond substituents is 1. The van der Waals surface area contributed by atoms with E-state index in [0.29, 0.717) is 15.8 Å². The highest BCUT2D eigenvalue weighted by molar-refractivity contribution is 7.89. The normalized spacial score (nSPS) is 13.5. The van der Waals surface area contributed by atoms with Crippen LogP contribution in [-0.2, 0) is 33.3 Å². The Kier molecular flexibility index (Phi) is 10.8. The lowest BCUT2D eigenvalue weighted by atomic mass is 9.84. The van der Waals surface area contributed by atoms with Crippen LogP contribution in [0.5, 0.6) is 5.75 Å². The van der Waals surface area contributed by atoms with Crippen LogP contribution in [0.2, 0.25) is 10.0 Å². The molecule has 1 aliphatic rings. The minimum Gasteiger partial charge on any atom is -0.506 e. The number of aromatic carboxylic acids is 1. The van der Waals surface area contributed by atoms with Gasteiger partial charge in [-0.2, -0.15) is 4.31 Å². The smallest absolute Gasteiger partial charge is 0.335 e. The van der Waals surface area contributed by atoms with Gasteiger partial charge in [-0.3, -0.25) is 4.79 Å². The number of carbonyl (C=O) groups excluding carboxylic acids is 1. The molecule has 0 aromatic heterocycles. The van der Waals surface area contributed by atoms with Gasteiger partial charge in [-0.25, -0.2) is 30.8 Å². The van der Waals surface area contributed by atoms with E-state index in [-0.39, 0.29) is 33.8 Å². The Morgan fingerprint density at radius 2 is 1.53 bits per heavy atom. The molecule has 0 aliphatic heterocycles. The van der Waals surface area contributed by atoms with Crippen molar-refractivity contribution < 1.29 is 45.8 Å². The van der Waals surface area contributed by atoms with Gasteiger partial charge in [0.15, 0.2) is 23.3 Å². The van der Waals surface area contributed by atoms with Crippen LogP contribution in [-0.4, -0.2) is 41.4 Å². The van der Waals surface area contributed by atoms with Gasteiger partial charge in [0.05, 0.1) is 24.3 Å². The average molecular weight is 768 g/mol. The van der Waals surface area contributed by atoms with Gasteiger partial charge in [0, 0.05) is 11.6 Å². The summed E-state index contributed by atoms with van der Waals surface area (Å²) in [4.78, 5) is 25.3. The standard InChI is InChI=1S/C36H32Cl2F4N2O6S/c1-36(2,3)24-13-19(12-23(14-24)20-8-9-20)16-44(26-11-10-21(35(47)48)15-27(26)45)28(46)18-43(17-22-6-4-5-7-25(22)37)51(49,50)34-29(38)30(39)31(40)32(41)33(34)42/h4-7,10-15,20,45H,8-9,16-18H2,1-3H3,(H,47,48). The van der Waals surface area contributed by atoms with Crippen molar-refractivity contribution in [1.29, 1.82) is 0 Å². The van der Waals surface area contributed by atoms with Crippen LogP contribution in [0.1, 0.15) is 72.1 Å². The molecule has 1 saturated carbocycles. The molecular weight excluding hydrogens is 735 g/mol. The number of hydrogen-bond acceptors (Lipinski definition) is 5. The lowest BCUT2D eigenvalue weighted by Crippen LogP contribution is -2.43. The first-order valence-corrected chi connectivity index (χ1v) is 17.8. The average Bonchev–Trinajstić information content (AvgIpc) is 3.91. The van der Waals surface area contributed by atoms with Crippen LogP contribution in [0, 0.1) is 23.3 Å². The zero-order valence-electron chi connectivity index (χ0n) is 27.5. The van der Waals surface area contributed by atoms with Crippen molar-refractivity contribution in [3.8, 4) is 5.75 Å². The van der Waals surface area contributed by atoms with E-state index in [0.717, 1.165) is 41.0 Å². The maximum Gasteiger partial charge on any atom is 0.335 e. The number of carboxylic acids is 1. The van der Waals surface area contributed by atoms with E-state index in [4.69, 9.17) is 23.2 Å². The van der Waals surface area contributed by atoms with Crippen molar-refractivity contribution in [2.75, 3.05) is 11.4 Å². The fraction of sp³-hybridized carbons (Fsp3) is 0.278. The third-order valence-electron chi connectivity index (χ3n) is 8.47.